The molecule has 5 N–H and O–H groups in total. The number of furan rings is 1. The number of hydrogen-bond acceptors (Lipinski definition) is 5. The Morgan fingerprint density at radius 1 is 1.20 bits per heavy atom. The minimum absolute atomic E-state index is 0.102. The third-order valence-corrected chi connectivity index (χ3v) is 2.73. The summed E-state index contributed by atoms with van der Waals surface area (Å²) in [6.45, 7) is 9.13. The van der Waals surface area contributed by atoms with Crippen LogP contribution < -0.4 is 21.7 Å². The number of nitrogens with two attached hydrogens (primary N) is 1. The van der Waals surface area contributed by atoms with Crippen molar-refractivity contribution in [3.63, 3.8) is 0 Å². The van der Waals surface area contributed by atoms with Crippen molar-refractivity contribution in [2.45, 2.75) is 39.8 Å². The van der Waals surface area contributed by atoms with E-state index in [1.54, 1.807) is 26.8 Å². The number of amides is 2. The maximum atomic E-state index is 11.5. The van der Waals surface area contributed by atoms with E-state index in [-0.39, 0.29) is 12.3 Å². The van der Waals surface area contributed by atoms with Crippen LogP contribution in [0, 0.1) is 0 Å². The molecule has 1 heterocycles. The molecule has 25 heavy (non-hydrogen) atoms. The van der Waals surface area contributed by atoms with Crippen molar-refractivity contribution in [3.05, 3.63) is 23.7 Å². The van der Waals surface area contributed by atoms with E-state index in [1.807, 2.05) is 6.92 Å². The molecular formula is C16H27N5O4. The normalized spacial score (nSPS) is 11.8. The first-order valence-electron chi connectivity index (χ1n) is 8.09. The van der Waals surface area contributed by atoms with Crippen LogP contribution in [0.2, 0.25) is 0 Å². The van der Waals surface area contributed by atoms with Gasteiger partial charge >= 0.3 is 6.09 Å². The van der Waals surface area contributed by atoms with Crippen LogP contribution in [0.5, 0.6) is 0 Å². The SMILES string of the molecule is CCNC(=NCc1ccc(C(N)=O)o1)NCCNC(=O)OC(C)(C)C. The first kappa shape index (κ1) is 20.3. The molecule has 0 fully saturated rings. The molecule has 0 spiro atoms. The van der Waals surface area contributed by atoms with Gasteiger partial charge in [-0.3, -0.25) is 4.79 Å². The van der Waals surface area contributed by atoms with Gasteiger partial charge in [0, 0.05) is 19.6 Å². The van der Waals surface area contributed by atoms with E-state index in [0.29, 0.717) is 31.4 Å². The molecule has 1 aromatic heterocycles. The fraction of sp³-hybridized carbons (Fsp3) is 0.562. The van der Waals surface area contributed by atoms with E-state index in [4.69, 9.17) is 14.9 Å². The van der Waals surface area contributed by atoms with Crippen LogP contribution >= 0.6 is 0 Å². The molecule has 1 aromatic rings. The summed E-state index contributed by atoms with van der Waals surface area (Å²) in [6.07, 6.45) is -0.467. The maximum absolute atomic E-state index is 11.5. The molecular weight excluding hydrogens is 326 g/mol. The number of carbonyl (C=O) groups excluding carboxylic acids is 2. The number of alkyl carbamates (subject to hydrolysis) is 1. The van der Waals surface area contributed by atoms with Gasteiger partial charge in [-0.25, -0.2) is 9.79 Å². The second-order valence-corrected chi connectivity index (χ2v) is 6.18. The summed E-state index contributed by atoms with van der Waals surface area (Å²) >= 11 is 0. The number of carbonyl (C=O) groups is 2. The van der Waals surface area contributed by atoms with Gasteiger partial charge in [0.15, 0.2) is 11.7 Å². The second kappa shape index (κ2) is 9.55. The van der Waals surface area contributed by atoms with Gasteiger partial charge in [0.05, 0.1) is 0 Å². The first-order chi connectivity index (χ1) is 11.7. The summed E-state index contributed by atoms with van der Waals surface area (Å²) in [5.74, 6) is 0.571. The molecule has 0 saturated heterocycles. The molecule has 0 aliphatic carbocycles. The molecule has 0 atom stereocenters. The highest BCUT2D eigenvalue weighted by atomic mass is 16.6. The molecule has 0 bridgehead atoms. The molecule has 0 saturated carbocycles. The highest BCUT2D eigenvalue weighted by Crippen LogP contribution is 2.08. The summed E-state index contributed by atoms with van der Waals surface area (Å²) in [6, 6.07) is 3.16. The quantitative estimate of drug-likeness (QED) is 0.328. The van der Waals surface area contributed by atoms with E-state index in [2.05, 4.69) is 20.9 Å². The van der Waals surface area contributed by atoms with Gasteiger partial charge in [0.25, 0.3) is 5.91 Å². The van der Waals surface area contributed by atoms with Crippen molar-refractivity contribution >= 4 is 18.0 Å². The van der Waals surface area contributed by atoms with Crippen LogP contribution in [0.3, 0.4) is 0 Å². The second-order valence-electron chi connectivity index (χ2n) is 6.18. The average molecular weight is 353 g/mol. The average Bonchev–Trinajstić information content (AvgIpc) is 2.96. The molecule has 140 valence electrons. The summed E-state index contributed by atoms with van der Waals surface area (Å²) in [5.41, 5.74) is 4.61. The summed E-state index contributed by atoms with van der Waals surface area (Å²) < 4.78 is 10.4. The molecule has 0 aromatic carbocycles. The molecule has 0 radical (unpaired) electrons. The topological polar surface area (TPSA) is 131 Å². The van der Waals surface area contributed by atoms with Crippen molar-refractivity contribution < 1.29 is 18.7 Å². The lowest BCUT2D eigenvalue weighted by molar-refractivity contribution is 0.0528. The Balaban J connectivity index is 2.42. The molecule has 2 amide bonds. The number of ether oxygens (including phenoxy) is 1. The van der Waals surface area contributed by atoms with Crippen LogP contribution in [-0.2, 0) is 11.3 Å². The Bertz CT molecular complexity index is 604. The summed E-state index contributed by atoms with van der Waals surface area (Å²) in [4.78, 5) is 26.9. The number of nitrogens with zero attached hydrogens (tertiary/aromatic N) is 1. The van der Waals surface area contributed by atoms with Gasteiger partial charge in [-0.2, -0.15) is 0 Å². The minimum Gasteiger partial charge on any atom is -0.454 e. The van der Waals surface area contributed by atoms with E-state index in [1.165, 1.54) is 6.07 Å². The van der Waals surface area contributed by atoms with Crippen molar-refractivity contribution in [2.75, 3.05) is 19.6 Å². The third kappa shape index (κ3) is 8.63. The van der Waals surface area contributed by atoms with E-state index in [9.17, 15) is 9.59 Å². The highest BCUT2D eigenvalue weighted by Gasteiger charge is 2.15. The van der Waals surface area contributed by atoms with Gasteiger partial charge in [0.1, 0.15) is 17.9 Å². The lowest BCUT2D eigenvalue weighted by Crippen LogP contribution is -2.42. The lowest BCUT2D eigenvalue weighted by atomic mass is 10.2. The van der Waals surface area contributed by atoms with Gasteiger partial charge in [0.2, 0.25) is 0 Å². The zero-order valence-electron chi connectivity index (χ0n) is 15.1. The van der Waals surface area contributed by atoms with Gasteiger partial charge < -0.3 is 30.8 Å². The first-order valence-corrected chi connectivity index (χ1v) is 8.09. The molecule has 0 aliphatic heterocycles. The Morgan fingerprint density at radius 3 is 2.44 bits per heavy atom. The lowest BCUT2D eigenvalue weighted by Gasteiger charge is -2.19. The Morgan fingerprint density at radius 2 is 1.88 bits per heavy atom. The maximum Gasteiger partial charge on any atom is 0.407 e. The van der Waals surface area contributed by atoms with Crippen LogP contribution in [0.15, 0.2) is 21.5 Å². The molecule has 9 heteroatoms. The van der Waals surface area contributed by atoms with Crippen LogP contribution in [-0.4, -0.2) is 43.2 Å². The van der Waals surface area contributed by atoms with Crippen molar-refractivity contribution in [3.8, 4) is 0 Å². The fourth-order valence-corrected chi connectivity index (χ4v) is 1.75. The van der Waals surface area contributed by atoms with Crippen LogP contribution in [0.25, 0.3) is 0 Å². The number of nitrogens with one attached hydrogen (secondary N) is 3. The monoisotopic (exact) mass is 353 g/mol. The third-order valence-electron chi connectivity index (χ3n) is 2.73. The Labute approximate surface area is 147 Å². The van der Waals surface area contributed by atoms with Gasteiger partial charge in [-0.15, -0.1) is 0 Å². The summed E-state index contributed by atoms with van der Waals surface area (Å²) in [7, 11) is 0. The number of guanidine groups is 1. The summed E-state index contributed by atoms with van der Waals surface area (Å²) in [5, 5.41) is 8.79. The molecule has 0 aliphatic rings. The predicted molar refractivity (Wildman–Crippen MR) is 94.3 cm³/mol. The van der Waals surface area contributed by atoms with Crippen molar-refractivity contribution in [1.82, 2.24) is 16.0 Å². The van der Waals surface area contributed by atoms with Gasteiger partial charge in [-0.1, -0.05) is 0 Å². The Kier molecular flexibility index (Phi) is 7.77. The molecule has 9 nitrogen and oxygen atoms in total. The zero-order chi connectivity index (χ0) is 18.9. The standard InChI is InChI=1S/C16H27N5O4/c1-5-18-14(19-8-9-20-15(23)25-16(2,3)4)21-10-11-6-7-12(24-11)13(17)22/h6-7H,5,8-10H2,1-4H3,(H2,17,22)(H,20,23)(H2,18,19,21). The number of primary amides is 1. The predicted octanol–water partition coefficient (Wildman–Crippen LogP) is 0.958. The van der Waals surface area contributed by atoms with E-state index < -0.39 is 17.6 Å². The molecule has 1 rings (SSSR count). The Hall–Kier alpha value is -2.71. The van der Waals surface area contributed by atoms with Crippen molar-refractivity contribution in [2.24, 2.45) is 10.7 Å². The fourth-order valence-electron chi connectivity index (χ4n) is 1.75. The number of aliphatic imine (C=N–C) groups is 1. The van der Waals surface area contributed by atoms with E-state index >= 15 is 0 Å². The largest absolute Gasteiger partial charge is 0.454 e. The van der Waals surface area contributed by atoms with Crippen molar-refractivity contribution in [1.29, 1.82) is 0 Å². The van der Waals surface area contributed by atoms with E-state index in [0.717, 1.165) is 0 Å². The number of rotatable bonds is 7. The minimum atomic E-state index is -0.617. The zero-order valence-corrected chi connectivity index (χ0v) is 15.1. The van der Waals surface area contributed by atoms with Crippen LogP contribution in [0.1, 0.15) is 44.0 Å². The smallest absolute Gasteiger partial charge is 0.407 e. The van der Waals surface area contributed by atoms with Crippen LogP contribution in [0.4, 0.5) is 4.79 Å². The highest BCUT2D eigenvalue weighted by molar-refractivity contribution is 5.89. The number of hydrogen-bond donors (Lipinski definition) is 4. The van der Waals surface area contributed by atoms with Gasteiger partial charge in [-0.05, 0) is 39.8 Å². The molecule has 0 unspecified atom stereocenters.